The first-order valence-electron chi connectivity index (χ1n) is 9.33. The standard InChI is InChI=1S/C22H15Cl3N4O3/c1-11-4-5-16(28-21(31)12-7-14(24)20(30)15(25)8-12)18-19(11)27-10-29(22(18)32)9-17-13(23)3-2-6-26-17/h2-8,10,30H,9H2,1H3,(H,28,31). The fraction of sp³-hybridized carbons (Fsp3) is 0.0909. The molecule has 0 aliphatic rings. The third-order valence-corrected chi connectivity index (χ3v) is 5.78. The summed E-state index contributed by atoms with van der Waals surface area (Å²) < 4.78 is 1.37. The molecular formula is C22H15Cl3N4O3. The van der Waals surface area contributed by atoms with Gasteiger partial charge in [0.1, 0.15) is 0 Å². The number of nitrogens with one attached hydrogen (secondary N) is 1. The van der Waals surface area contributed by atoms with Gasteiger partial charge in [-0.3, -0.25) is 19.1 Å². The average molecular weight is 490 g/mol. The molecule has 0 saturated heterocycles. The Bertz CT molecular complexity index is 1410. The molecular weight excluding hydrogens is 475 g/mol. The van der Waals surface area contributed by atoms with Crippen molar-refractivity contribution >= 4 is 57.3 Å². The lowest BCUT2D eigenvalue weighted by molar-refractivity contribution is 0.102. The molecule has 7 nitrogen and oxygen atoms in total. The van der Waals surface area contributed by atoms with E-state index < -0.39 is 5.91 Å². The highest BCUT2D eigenvalue weighted by Gasteiger charge is 2.17. The van der Waals surface area contributed by atoms with E-state index in [-0.39, 0.29) is 44.5 Å². The van der Waals surface area contributed by atoms with Crippen LogP contribution >= 0.6 is 34.8 Å². The average Bonchev–Trinajstić information content (AvgIpc) is 2.76. The van der Waals surface area contributed by atoms with Crippen LogP contribution in [0, 0.1) is 6.92 Å². The summed E-state index contributed by atoms with van der Waals surface area (Å²) in [5.41, 5.74) is 1.78. The normalized spacial score (nSPS) is 11.0. The number of hydrogen-bond acceptors (Lipinski definition) is 5. The fourth-order valence-electron chi connectivity index (χ4n) is 3.21. The Morgan fingerprint density at radius 3 is 2.50 bits per heavy atom. The van der Waals surface area contributed by atoms with Gasteiger partial charge in [-0.15, -0.1) is 0 Å². The van der Waals surface area contributed by atoms with Gasteiger partial charge in [0.15, 0.2) is 5.75 Å². The first kappa shape index (κ1) is 22.1. The molecule has 0 aliphatic heterocycles. The van der Waals surface area contributed by atoms with Crippen molar-refractivity contribution in [3.8, 4) is 5.75 Å². The van der Waals surface area contributed by atoms with E-state index in [1.165, 1.54) is 23.0 Å². The van der Waals surface area contributed by atoms with Crippen LogP contribution in [-0.2, 0) is 6.54 Å². The first-order valence-corrected chi connectivity index (χ1v) is 10.5. The molecule has 2 aromatic heterocycles. The third kappa shape index (κ3) is 4.14. The Morgan fingerprint density at radius 2 is 1.81 bits per heavy atom. The Kier molecular flexibility index (Phi) is 6.06. The molecule has 0 fully saturated rings. The quantitative estimate of drug-likeness (QED) is 0.417. The Balaban J connectivity index is 1.78. The van der Waals surface area contributed by atoms with Crippen molar-refractivity contribution in [2.45, 2.75) is 13.5 Å². The minimum absolute atomic E-state index is 0.0623. The Labute approximate surface area is 197 Å². The van der Waals surface area contributed by atoms with Crippen LogP contribution in [0.4, 0.5) is 5.69 Å². The molecule has 2 N–H and O–H groups in total. The van der Waals surface area contributed by atoms with Crippen LogP contribution in [0.3, 0.4) is 0 Å². The summed E-state index contributed by atoms with van der Waals surface area (Å²) in [4.78, 5) is 34.8. The molecule has 2 aromatic carbocycles. The topological polar surface area (TPSA) is 97.1 Å². The number of aromatic hydroxyl groups is 1. The van der Waals surface area contributed by atoms with E-state index in [4.69, 9.17) is 34.8 Å². The number of phenols is 1. The first-order chi connectivity index (χ1) is 15.3. The van der Waals surface area contributed by atoms with Gasteiger partial charge in [-0.1, -0.05) is 40.9 Å². The largest absolute Gasteiger partial charge is 0.505 e. The maximum Gasteiger partial charge on any atom is 0.263 e. The van der Waals surface area contributed by atoms with Crippen molar-refractivity contribution in [3.05, 3.63) is 91.2 Å². The molecule has 2 heterocycles. The molecule has 0 spiro atoms. The number of halogens is 3. The van der Waals surface area contributed by atoms with Crippen molar-refractivity contribution in [2.75, 3.05) is 5.32 Å². The summed E-state index contributed by atoms with van der Waals surface area (Å²) in [5, 5.41) is 13.0. The van der Waals surface area contributed by atoms with Crippen LogP contribution < -0.4 is 10.9 Å². The zero-order chi connectivity index (χ0) is 23.0. The SMILES string of the molecule is Cc1ccc(NC(=O)c2cc(Cl)c(O)c(Cl)c2)c2c(=O)n(Cc3ncccc3Cl)cnc12. The van der Waals surface area contributed by atoms with Crippen LogP contribution in [-0.4, -0.2) is 25.5 Å². The zero-order valence-corrected chi connectivity index (χ0v) is 18.8. The number of carbonyl (C=O) groups is 1. The van der Waals surface area contributed by atoms with Crippen LogP contribution in [0.25, 0.3) is 10.9 Å². The molecule has 0 saturated carbocycles. The number of anilines is 1. The smallest absolute Gasteiger partial charge is 0.263 e. The summed E-state index contributed by atoms with van der Waals surface area (Å²) >= 11 is 18.0. The van der Waals surface area contributed by atoms with E-state index >= 15 is 0 Å². The van der Waals surface area contributed by atoms with Crippen LogP contribution in [0.5, 0.6) is 5.75 Å². The number of aryl methyl sites for hydroxylation is 1. The number of nitrogens with zero attached hydrogens (tertiary/aromatic N) is 3. The minimum Gasteiger partial charge on any atom is -0.505 e. The van der Waals surface area contributed by atoms with Gasteiger partial charge in [-0.25, -0.2) is 4.98 Å². The molecule has 0 radical (unpaired) electrons. The Morgan fingerprint density at radius 1 is 1.09 bits per heavy atom. The minimum atomic E-state index is -0.554. The highest BCUT2D eigenvalue weighted by Crippen LogP contribution is 2.33. The zero-order valence-electron chi connectivity index (χ0n) is 16.6. The highest BCUT2D eigenvalue weighted by atomic mass is 35.5. The van der Waals surface area contributed by atoms with Gasteiger partial charge in [0.2, 0.25) is 0 Å². The summed E-state index contributed by atoms with van der Waals surface area (Å²) in [6, 6.07) is 9.34. The van der Waals surface area contributed by atoms with Crippen LogP contribution in [0.1, 0.15) is 21.6 Å². The predicted octanol–water partition coefficient (Wildman–Crippen LogP) is 5.07. The molecule has 0 atom stereocenters. The number of amides is 1. The molecule has 0 unspecified atom stereocenters. The summed E-state index contributed by atoms with van der Waals surface area (Å²) in [6.07, 6.45) is 3.01. The monoisotopic (exact) mass is 488 g/mol. The van der Waals surface area contributed by atoms with Crippen molar-refractivity contribution in [1.29, 1.82) is 0 Å². The van der Waals surface area contributed by atoms with E-state index in [2.05, 4.69) is 15.3 Å². The molecule has 4 aromatic rings. The van der Waals surface area contributed by atoms with Gasteiger partial charge in [0.25, 0.3) is 11.5 Å². The molecule has 32 heavy (non-hydrogen) atoms. The van der Waals surface area contributed by atoms with Gasteiger partial charge in [0.05, 0.1) is 50.2 Å². The van der Waals surface area contributed by atoms with Gasteiger partial charge in [-0.05, 0) is 42.8 Å². The van der Waals surface area contributed by atoms with Crippen LogP contribution in [0.15, 0.2) is 53.7 Å². The second kappa shape index (κ2) is 8.78. The van der Waals surface area contributed by atoms with Crippen molar-refractivity contribution < 1.29 is 9.90 Å². The molecule has 0 aliphatic carbocycles. The lowest BCUT2D eigenvalue weighted by Crippen LogP contribution is -2.24. The maximum absolute atomic E-state index is 13.3. The number of hydrogen-bond donors (Lipinski definition) is 2. The number of phenolic OH excluding ortho intramolecular Hbond substituents is 1. The molecule has 4 rings (SSSR count). The summed E-state index contributed by atoms with van der Waals surface area (Å²) in [7, 11) is 0. The van der Waals surface area contributed by atoms with E-state index in [0.29, 0.717) is 16.2 Å². The highest BCUT2D eigenvalue weighted by molar-refractivity contribution is 6.37. The number of carbonyl (C=O) groups excluding carboxylic acids is 1. The van der Waals surface area contributed by atoms with Gasteiger partial charge < -0.3 is 10.4 Å². The molecule has 10 heteroatoms. The molecule has 0 bridgehead atoms. The number of rotatable bonds is 4. The van der Waals surface area contributed by atoms with Crippen molar-refractivity contribution in [3.63, 3.8) is 0 Å². The maximum atomic E-state index is 13.3. The number of benzene rings is 2. The lowest BCUT2D eigenvalue weighted by atomic mass is 10.1. The third-order valence-electron chi connectivity index (χ3n) is 4.86. The molecule has 162 valence electrons. The lowest BCUT2D eigenvalue weighted by Gasteiger charge is -2.13. The number of aromatic nitrogens is 3. The second-order valence-corrected chi connectivity index (χ2v) is 8.23. The number of pyridine rings is 1. The van der Waals surface area contributed by atoms with Gasteiger partial charge >= 0.3 is 0 Å². The second-order valence-electron chi connectivity index (χ2n) is 7.01. The van der Waals surface area contributed by atoms with E-state index in [1.54, 1.807) is 30.5 Å². The van der Waals surface area contributed by atoms with E-state index in [0.717, 1.165) is 5.56 Å². The van der Waals surface area contributed by atoms with Crippen molar-refractivity contribution in [1.82, 2.24) is 14.5 Å². The summed E-state index contributed by atoms with van der Waals surface area (Å²) in [6.45, 7) is 1.94. The van der Waals surface area contributed by atoms with Gasteiger partial charge in [0, 0.05) is 11.8 Å². The van der Waals surface area contributed by atoms with E-state index in [1.807, 2.05) is 6.92 Å². The van der Waals surface area contributed by atoms with E-state index in [9.17, 15) is 14.7 Å². The molecule has 1 amide bonds. The van der Waals surface area contributed by atoms with Crippen molar-refractivity contribution in [2.24, 2.45) is 0 Å². The predicted molar refractivity (Wildman–Crippen MR) is 125 cm³/mol. The summed E-state index contributed by atoms with van der Waals surface area (Å²) in [5.74, 6) is -0.868. The number of fused-ring (bicyclic) bond motifs is 1. The van der Waals surface area contributed by atoms with Gasteiger partial charge in [-0.2, -0.15) is 0 Å². The van der Waals surface area contributed by atoms with Crippen LogP contribution in [0.2, 0.25) is 15.1 Å². The Hall–Kier alpha value is -3.13. The fourth-order valence-corrected chi connectivity index (χ4v) is 3.87.